The average molecular weight is 626 g/mol. The van der Waals surface area contributed by atoms with Crippen molar-refractivity contribution in [3.05, 3.63) is 60.7 Å². The molecule has 0 spiro atoms. The molecule has 0 unspecified atom stereocenters. The van der Waals surface area contributed by atoms with E-state index in [2.05, 4.69) is 10.3 Å². The second kappa shape index (κ2) is 10.9. The first kappa shape index (κ1) is 29.6. The third-order valence-corrected chi connectivity index (χ3v) is 7.14. The summed E-state index contributed by atoms with van der Waals surface area (Å²) in [5.74, 6) is -5.71. The summed E-state index contributed by atoms with van der Waals surface area (Å²) in [4.78, 5) is 41.7. The minimum Gasteiger partial charge on any atom is -0.490 e. The lowest BCUT2D eigenvalue weighted by Gasteiger charge is -2.20. The molecule has 0 fully saturated rings. The van der Waals surface area contributed by atoms with E-state index in [0.717, 1.165) is 15.9 Å². The minimum absolute atomic E-state index is 0.146. The van der Waals surface area contributed by atoms with E-state index in [1.54, 1.807) is 11.4 Å². The van der Waals surface area contributed by atoms with Crippen molar-refractivity contribution in [3.63, 3.8) is 0 Å². The van der Waals surface area contributed by atoms with Gasteiger partial charge in [-0.2, -0.15) is 22.0 Å². The highest BCUT2D eigenvalue weighted by atomic mass is 35.5. The van der Waals surface area contributed by atoms with E-state index in [4.69, 9.17) is 27.9 Å². The van der Waals surface area contributed by atoms with Gasteiger partial charge < -0.3 is 14.6 Å². The van der Waals surface area contributed by atoms with Crippen molar-refractivity contribution in [2.75, 3.05) is 11.9 Å². The van der Waals surface area contributed by atoms with Crippen LogP contribution in [0, 0.1) is 0 Å². The zero-order chi connectivity index (χ0) is 29.6. The highest BCUT2D eigenvalue weighted by Crippen LogP contribution is 2.40. The maximum atomic E-state index is 13.1. The van der Waals surface area contributed by atoms with E-state index in [-0.39, 0.29) is 33.0 Å². The highest BCUT2D eigenvalue weighted by Gasteiger charge is 2.56. The zero-order valence-corrected chi connectivity index (χ0v) is 22.8. The number of alkyl halides is 5. The second-order valence-electron chi connectivity index (χ2n) is 8.54. The van der Waals surface area contributed by atoms with Gasteiger partial charge in [0.25, 0.3) is 5.56 Å². The molecule has 0 aliphatic carbocycles. The second-order valence-corrected chi connectivity index (χ2v) is 10.2. The van der Waals surface area contributed by atoms with Crippen molar-refractivity contribution in [1.29, 1.82) is 0 Å². The Hall–Kier alpha value is -3.43. The lowest BCUT2D eigenvalue weighted by atomic mass is 10.1. The van der Waals surface area contributed by atoms with Gasteiger partial charge in [-0.15, -0.1) is 11.3 Å². The third kappa shape index (κ3) is 5.71. The molecule has 40 heavy (non-hydrogen) atoms. The van der Waals surface area contributed by atoms with E-state index in [0.29, 0.717) is 16.8 Å². The van der Waals surface area contributed by atoms with Crippen LogP contribution in [0.3, 0.4) is 0 Å². The molecule has 0 aliphatic rings. The fourth-order valence-electron chi connectivity index (χ4n) is 3.72. The van der Waals surface area contributed by atoms with Gasteiger partial charge >= 0.3 is 17.8 Å². The van der Waals surface area contributed by atoms with Gasteiger partial charge in [-0.3, -0.25) is 18.7 Å². The summed E-state index contributed by atoms with van der Waals surface area (Å²) in [6.07, 6.45) is -5.82. The van der Waals surface area contributed by atoms with Crippen LogP contribution in [0.2, 0.25) is 10.0 Å². The van der Waals surface area contributed by atoms with Crippen LogP contribution >= 0.6 is 34.5 Å². The lowest BCUT2D eigenvalue weighted by Crippen LogP contribution is -2.37. The van der Waals surface area contributed by atoms with Gasteiger partial charge in [0.05, 0.1) is 34.3 Å². The number of aromatic nitrogens is 4. The Labute approximate surface area is 235 Å². The number of fused-ring (bicyclic) bond motifs is 1. The molecule has 1 aromatic carbocycles. The highest BCUT2D eigenvalue weighted by molar-refractivity contribution is 7.14. The van der Waals surface area contributed by atoms with Crippen LogP contribution in [-0.2, 0) is 25.4 Å². The number of rotatable bonds is 8. The number of benzene rings is 1. The standard InChI is InChI=1S/C23H18Cl2F5N5O4S/c1-33-15-3-5-35(17(15)19(37)34(2)21(33)38)9-16(36)32-20-31-14(10-40-20)11-7-12(24)18(13(25)8-11)39-6-4-22(26,27)23(28,29)30/h3,5,7-8,10H,4,6,9H2,1-2H3,(H,31,32,36). The van der Waals surface area contributed by atoms with Crippen molar-refractivity contribution >= 4 is 56.6 Å². The monoisotopic (exact) mass is 625 g/mol. The number of carbonyl (C=O) groups is 1. The van der Waals surface area contributed by atoms with Gasteiger partial charge in [-0.05, 0) is 18.2 Å². The number of ether oxygens (including phenoxy) is 1. The van der Waals surface area contributed by atoms with Crippen LogP contribution in [0.5, 0.6) is 5.75 Å². The minimum atomic E-state index is -5.71. The molecule has 3 aromatic heterocycles. The van der Waals surface area contributed by atoms with Crippen LogP contribution in [0.15, 0.2) is 39.4 Å². The maximum Gasteiger partial charge on any atom is 0.453 e. The Bertz CT molecular complexity index is 1700. The molecule has 4 rings (SSSR count). The summed E-state index contributed by atoms with van der Waals surface area (Å²) in [6.45, 7) is -1.24. The first-order valence-corrected chi connectivity index (χ1v) is 12.8. The SMILES string of the molecule is Cn1c(=O)c2c(ccn2CC(=O)Nc2nc(-c3cc(Cl)c(OCCC(F)(F)C(F)(F)F)c(Cl)c3)cs2)n(C)c1=O. The largest absolute Gasteiger partial charge is 0.490 e. The molecule has 3 heterocycles. The summed E-state index contributed by atoms with van der Waals surface area (Å²) in [7, 11) is 2.84. The molecule has 1 N–H and O–H groups in total. The van der Waals surface area contributed by atoms with E-state index in [9.17, 15) is 36.3 Å². The Kier molecular flexibility index (Phi) is 8.02. The molecule has 214 valence electrons. The number of nitrogens with zero attached hydrogens (tertiary/aromatic N) is 4. The van der Waals surface area contributed by atoms with Gasteiger partial charge in [0.1, 0.15) is 12.1 Å². The summed E-state index contributed by atoms with van der Waals surface area (Å²) >= 11 is 13.3. The predicted octanol–water partition coefficient (Wildman–Crippen LogP) is 5.07. The number of anilines is 1. The van der Waals surface area contributed by atoms with Gasteiger partial charge in [-0.25, -0.2) is 9.78 Å². The molecule has 9 nitrogen and oxygen atoms in total. The number of amides is 1. The number of nitrogens with one attached hydrogen (secondary N) is 1. The topological polar surface area (TPSA) is 100 Å². The lowest BCUT2D eigenvalue weighted by molar-refractivity contribution is -0.285. The van der Waals surface area contributed by atoms with E-state index >= 15 is 0 Å². The summed E-state index contributed by atoms with van der Waals surface area (Å²) in [5, 5.41) is 4.08. The van der Waals surface area contributed by atoms with Crippen molar-refractivity contribution in [3.8, 4) is 17.0 Å². The smallest absolute Gasteiger partial charge is 0.453 e. The first-order valence-electron chi connectivity index (χ1n) is 11.2. The summed E-state index contributed by atoms with van der Waals surface area (Å²) in [5.41, 5.74) is 0.177. The molecule has 0 aliphatic heterocycles. The fraction of sp³-hybridized carbons (Fsp3) is 0.304. The third-order valence-electron chi connectivity index (χ3n) is 5.82. The van der Waals surface area contributed by atoms with E-state index in [1.165, 1.54) is 41.6 Å². The Morgan fingerprint density at radius 1 is 1.10 bits per heavy atom. The predicted molar refractivity (Wildman–Crippen MR) is 140 cm³/mol. The number of hydrogen-bond donors (Lipinski definition) is 1. The summed E-state index contributed by atoms with van der Waals surface area (Å²) < 4.78 is 71.9. The average Bonchev–Trinajstić information content (AvgIpc) is 3.49. The molecule has 0 saturated carbocycles. The fourth-order valence-corrected chi connectivity index (χ4v) is 5.05. The number of aryl methyl sites for hydroxylation is 1. The molecule has 0 atom stereocenters. The van der Waals surface area contributed by atoms with Crippen LogP contribution in [-0.4, -0.2) is 43.3 Å². The van der Waals surface area contributed by atoms with Crippen LogP contribution in [0.1, 0.15) is 6.42 Å². The molecule has 1 amide bonds. The molecular weight excluding hydrogens is 608 g/mol. The molecule has 17 heteroatoms. The quantitative estimate of drug-likeness (QED) is 0.276. The van der Waals surface area contributed by atoms with Gasteiger partial charge in [-0.1, -0.05) is 23.2 Å². The number of carbonyl (C=O) groups excluding carboxylic acids is 1. The van der Waals surface area contributed by atoms with Crippen molar-refractivity contribution in [1.82, 2.24) is 18.7 Å². The molecule has 0 bridgehead atoms. The van der Waals surface area contributed by atoms with E-state index < -0.39 is 42.3 Å². The number of thiazole rings is 1. The number of hydrogen-bond acceptors (Lipinski definition) is 6. The Balaban J connectivity index is 1.45. The van der Waals surface area contributed by atoms with Gasteiger partial charge in [0.15, 0.2) is 10.9 Å². The van der Waals surface area contributed by atoms with Crippen molar-refractivity contribution < 1.29 is 31.5 Å². The molecular formula is C23H18Cl2F5N5O4S. The van der Waals surface area contributed by atoms with Crippen molar-refractivity contribution in [2.45, 2.75) is 25.1 Å². The van der Waals surface area contributed by atoms with Gasteiger partial charge in [0.2, 0.25) is 5.91 Å². The van der Waals surface area contributed by atoms with Crippen LogP contribution in [0.25, 0.3) is 22.3 Å². The molecule has 0 saturated heterocycles. The Morgan fingerprint density at radius 3 is 2.38 bits per heavy atom. The molecule has 0 radical (unpaired) electrons. The summed E-state index contributed by atoms with van der Waals surface area (Å²) in [6, 6.07) is 4.21. The van der Waals surface area contributed by atoms with Crippen LogP contribution in [0.4, 0.5) is 27.1 Å². The first-order chi connectivity index (χ1) is 18.6. The van der Waals surface area contributed by atoms with E-state index in [1.807, 2.05) is 0 Å². The maximum absolute atomic E-state index is 13.1. The van der Waals surface area contributed by atoms with Crippen LogP contribution < -0.4 is 21.3 Å². The van der Waals surface area contributed by atoms with Gasteiger partial charge in [0, 0.05) is 31.2 Å². The van der Waals surface area contributed by atoms with Crippen molar-refractivity contribution in [2.24, 2.45) is 14.1 Å². The Morgan fingerprint density at radius 2 is 1.75 bits per heavy atom. The zero-order valence-electron chi connectivity index (χ0n) is 20.5. The molecule has 4 aromatic rings. The normalized spacial score (nSPS) is 12.2. The number of halogens is 7.